The molecule has 2 N–H and O–H groups in total. The maximum Gasteiger partial charge on any atom is 0.220 e. The van der Waals surface area contributed by atoms with Crippen molar-refractivity contribution in [2.45, 2.75) is 6.92 Å². The van der Waals surface area contributed by atoms with E-state index in [9.17, 15) is 0 Å². The molecule has 0 radical (unpaired) electrons. The minimum atomic E-state index is 0.283. The van der Waals surface area contributed by atoms with Crippen LogP contribution < -0.4 is 5.73 Å². The second-order valence-electron chi connectivity index (χ2n) is 3.13. The molecule has 72 valence electrons. The summed E-state index contributed by atoms with van der Waals surface area (Å²) in [4.78, 5) is 8.11. The summed E-state index contributed by atoms with van der Waals surface area (Å²) in [5.74, 6) is 0.283. The quantitative estimate of drug-likeness (QED) is 0.719. The van der Waals surface area contributed by atoms with E-state index in [-0.39, 0.29) is 5.95 Å². The van der Waals surface area contributed by atoms with Crippen LogP contribution in [0.4, 0.5) is 5.95 Å². The van der Waals surface area contributed by atoms with Crippen LogP contribution in [0.3, 0.4) is 0 Å². The Labute approximate surface area is 81.6 Å². The summed E-state index contributed by atoms with van der Waals surface area (Å²) in [6.07, 6.45) is 1.86. The fourth-order valence-electron chi connectivity index (χ4n) is 1.27. The lowest BCUT2D eigenvalue weighted by atomic mass is 10.3. The smallest absolute Gasteiger partial charge is 0.220 e. The zero-order valence-corrected chi connectivity index (χ0v) is 8.10. The van der Waals surface area contributed by atoms with Gasteiger partial charge in [0.1, 0.15) is 5.69 Å². The molecule has 2 rings (SSSR count). The molecule has 0 saturated carbocycles. The van der Waals surface area contributed by atoms with Gasteiger partial charge in [-0.1, -0.05) is 0 Å². The number of nitrogens with two attached hydrogens (primary N) is 1. The number of nitrogen functional groups attached to an aromatic ring is 1. The zero-order chi connectivity index (χ0) is 10.1. The highest BCUT2D eigenvalue weighted by Gasteiger charge is 2.04. The van der Waals surface area contributed by atoms with E-state index in [1.54, 1.807) is 4.68 Å². The molecule has 0 fully saturated rings. The third kappa shape index (κ3) is 1.56. The Morgan fingerprint density at radius 2 is 2.07 bits per heavy atom. The lowest BCUT2D eigenvalue weighted by molar-refractivity contribution is 0.770. The van der Waals surface area contributed by atoms with Gasteiger partial charge in [-0.2, -0.15) is 5.10 Å². The lowest BCUT2D eigenvalue weighted by Gasteiger charge is -1.99. The Bertz CT molecular complexity index is 440. The highest BCUT2D eigenvalue weighted by atomic mass is 15.3. The van der Waals surface area contributed by atoms with Gasteiger partial charge in [-0.3, -0.25) is 4.68 Å². The monoisotopic (exact) mass is 189 g/mol. The molecular weight excluding hydrogens is 178 g/mol. The summed E-state index contributed by atoms with van der Waals surface area (Å²) in [6.45, 7) is 1.88. The van der Waals surface area contributed by atoms with E-state index in [2.05, 4.69) is 15.1 Å². The highest BCUT2D eigenvalue weighted by molar-refractivity contribution is 5.55. The number of nitrogens with zero attached hydrogens (tertiary/aromatic N) is 4. The first-order valence-electron chi connectivity index (χ1n) is 4.26. The van der Waals surface area contributed by atoms with Gasteiger partial charge in [0.25, 0.3) is 0 Å². The van der Waals surface area contributed by atoms with Crippen molar-refractivity contribution < 1.29 is 0 Å². The van der Waals surface area contributed by atoms with Crippen molar-refractivity contribution in [3.05, 3.63) is 24.0 Å². The normalized spacial score (nSPS) is 10.4. The molecule has 2 aromatic rings. The average molecular weight is 189 g/mol. The first-order valence-corrected chi connectivity index (χ1v) is 4.26. The molecule has 0 aliphatic heterocycles. The predicted molar refractivity (Wildman–Crippen MR) is 53.4 cm³/mol. The van der Waals surface area contributed by atoms with Crippen LogP contribution in [0.15, 0.2) is 18.3 Å². The molecule has 0 amide bonds. The molecule has 0 aromatic carbocycles. The molecule has 2 heterocycles. The Hall–Kier alpha value is -1.91. The third-order valence-electron chi connectivity index (χ3n) is 1.85. The number of rotatable bonds is 1. The van der Waals surface area contributed by atoms with E-state index >= 15 is 0 Å². The fourth-order valence-corrected chi connectivity index (χ4v) is 1.27. The van der Waals surface area contributed by atoms with Crippen LogP contribution in [0.25, 0.3) is 11.4 Å². The summed E-state index contributed by atoms with van der Waals surface area (Å²) in [7, 11) is 1.86. The second-order valence-corrected chi connectivity index (χ2v) is 3.13. The van der Waals surface area contributed by atoms with Crippen LogP contribution in [-0.2, 0) is 7.05 Å². The van der Waals surface area contributed by atoms with Crippen LogP contribution in [0, 0.1) is 6.92 Å². The highest BCUT2D eigenvalue weighted by Crippen LogP contribution is 2.15. The molecular formula is C9H11N5. The molecule has 0 unspecified atom stereocenters. The molecule has 2 aromatic heterocycles. The zero-order valence-electron chi connectivity index (χ0n) is 8.10. The Morgan fingerprint density at radius 1 is 1.29 bits per heavy atom. The molecule has 5 nitrogen and oxygen atoms in total. The standard InChI is InChI=1S/C9H11N5/c1-6-5-8(12-9(10)11-6)7-3-4-14(2)13-7/h3-5H,1-2H3,(H2,10,11,12). The van der Waals surface area contributed by atoms with Crippen LogP contribution in [-0.4, -0.2) is 19.7 Å². The number of anilines is 1. The Kier molecular flexibility index (Phi) is 1.92. The fraction of sp³-hybridized carbons (Fsp3) is 0.222. The van der Waals surface area contributed by atoms with E-state index in [4.69, 9.17) is 5.73 Å². The summed E-state index contributed by atoms with van der Waals surface area (Å²) in [6, 6.07) is 3.75. The van der Waals surface area contributed by atoms with Gasteiger partial charge in [0.15, 0.2) is 0 Å². The molecule has 0 aliphatic carbocycles. The molecule has 5 heteroatoms. The molecule has 0 bridgehead atoms. The molecule has 0 spiro atoms. The van der Waals surface area contributed by atoms with Crippen LogP contribution >= 0.6 is 0 Å². The van der Waals surface area contributed by atoms with Gasteiger partial charge in [-0.25, -0.2) is 9.97 Å². The number of hydrogen-bond acceptors (Lipinski definition) is 4. The van der Waals surface area contributed by atoms with Gasteiger partial charge < -0.3 is 5.73 Å². The number of aromatic nitrogens is 4. The van der Waals surface area contributed by atoms with E-state index in [1.165, 1.54) is 0 Å². The van der Waals surface area contributed by atoms with E-state index in [1.807, 2.05) is 32.3 Å². The maximum atomic E-state index is 5.55. The number of aryl methyl sites for hydroxylation is 2. The van der Waals surface area contributed by atoms with E-state index < -0.39 is 0 Å². The van der Waals surface area contributed by atoms with Crippen LogP contribution in [0.2, 0.25) is 0 Å². The largest absolute Gasteiger partial charge is 0.368 e. The van der Waals surface area contributed by atoms with Gasteiger partial charge >= 0.3 is 0 Å². The van der Waals surface area contributed by atoms with Gasteiger partial charge in [0.05, 0.1) is 5.69 Å². The van der Waals surface area contributed by atoms with Crippen molar-refractivity contribution in [2.24, 2.45) is 7.05 Å². The van der Waals surface area contributed by atoms with Gasteiger partial charge in [0, 0.05) is 18.9 Å². The Morgan fingerprint density at radius 3 is 2.64 bits per heavy atom. The first-order chi connectivity index (χ1) is 6.65. The summed E-state index contributed by atoms with van der Waals surface area (Å²) < 4.78 is 1.73. The third-order valence-corrected chi connectivity index (χ3v) is 1.85. The SMILES string of the molecule is Cc1cc(-c2ccn(C)n2)nc(N)n1. The van der Waals surface area contributed by atoms with Crippen molar-refractivity contribution in [1.82, 2.24) is 19.7 Å². The first kappa shape index (κ1) is 8.68. The predicted octanol–water partition coefficient (Wildman–Crippen LogP) is 0.768. The minimum absolute atomic E-state index is 0.283. The van der Waals surface area contributed by atoms with Crippen molar-refractivity contribution in [3.63, 3.8) is 0 Å². The number of hydrogen-bond donors (Lipinski definition) is 1. The maximum absolute atomic E-state index is 5.55. The lowest BCUT2D eigenvalue weighted by Crippen LogP contribution is -1.98. The molecule has 0 saturated heterocycles. The second kappa shape index (κ2) is 3.10. The minimum Gasteiger partial charge on any atom is -0.368 e. The topological polar surface area (TPSA) is 69.6 Å². The van der Waals surface area contributed by atoms with E-state index in [0.717, 1.165) is 17.1 Å². The van der Waals surface area contributed by atoms with Crippen LogP contribution in [0.5, 0.6) is 0 Å². The van der Waals surface area contributed by atoms with E-state index in [0.29, 0.717) is 0 Å². The van der Waals surface area contributed by atoms with Crippen molar-refractivity contribution in [1.29, 1.82) is 0 Å². The molecule has 0 aliphatic rings. The van der Waals surface area contributed by atoms with Gasteiger partial charge in [-0.15, -0.1) is 0 Å². The van der Waals surface area contributed by atoms with Crippen molar-refractivity contribution >= 4 is 5.95 Å². The van der Waals surface area contributed by atoms with Crippen molar-refractivity contribution in [3.8, 4) is 11.4 Å². The summed E-state index contributed by atoms with van der Waals surface area (Å²) >= 11 is 0. The van der Waals surface area contributed by atoms with Gasteiger partial charge in [-0.05, 0) is 19.1 Å². The average Bonchev–Trinajstić information content (AvgIpc) is 2.50. The van der Waals surface area contributed by atoms with Gasteiger partial charge in [0.2, 0.25) is 5.95 Å². The summed E-state index contributed by atoms with van der Waals surface area (Å²) in [5.41, 5.74) is 7.96. The van der Waals surface area contributed by atoms with Crippen LogP contribution in [0.1, 0.15) is 5.69 Å². The molecule has 14 heavy (non-hydrogen) atoms. The molecule has 0 atom stereocenters. The Balaban J connectivity index is 2.51. The van der Waals surface area contributed by atoms with Crippen molar-refractivity contribution in [2.75, 3.05) is 5.73 Å². The summed E-state index contributed by atoms with van der Waals surface area (Å²) in [5, 5.41) is 4.23.